The maximum atomic E-state index is 13.7. The van der Waals surface area contributed by atoms with Crippen LogP contribution in [0.5, 0.6) is 0 Å². The Bertz CT molecular complexity index is 1270. The highest BCUT2D eigenvalue weighted by molar-refractivity contribution is 5.86. The molecule has 1 aromatic carbocycles. The van der Waals surface area contributed by atoms with Crippen molar-refractivity contribution in [3.63, 3.8) is 0 Å². The Hall–Kier alpha value is -3.68. The summed E-state index contributed by atoms with van der Waals surface area (Å²) in [4.78, 5) is 30.5. The van der Waals surface area contributed by atoms with Gasteiger partial charge in [-0.25, -0.2) is 9.67 Å². The summed E-state index contributed by atoms with van der Waals surface area (Å²) < 4.78 is 1.74. The summed E-state index contributed by atoms with van der Waals surface area (Å²) in [5.41, 5.74) is 2.05. The highest BCUT2D eigenvalue weighted by Crippen LogP contribution is 2.42. The van der Waals surface area contributed by atoms with Crippen molar-refractivity contribution in [2.75, 3.05) is 24.5 Å². The number of nitrogens with one attached hydrogen (secondary N) is 1. The molecule has 0 radical (unpaired) electrons. The van der Waals surface area contributed by atoms with E-state index in [-0.39, 0.29) is 5.41 Å². The van der Waals surface area contributed by atoms with Gasteiger partial charge in [0.05, 0.1) is 5.41 Å². The van der Waals surface area contributed by atoms with Gasteiger partial charge in [0, 0.05) is 67.9 Å². The topological polar surface area (TPSA) is 82.9 Å². The molecule has 0 unspecified atom stereocenters. The third kappa shape index (κ3) is 3.55. The lowest BCUT2D eigenvalue weighted by Gasteiger charge is -2.46. The van der Waals surface area contributed by atoms with Crippen molar-refractivity contribution < 1.29 is 4.79 Å². The molecule has 0 aliphatic carbocycles. The molecule has 1 spiro atoms. The number of fused-ring (bicyclic) bond motifs is 1. The summed E-state index contributed by atoms with van der Waals surface area (Å²) in [5, 5.41) is 5.47. The first-order valence-corrected chi connectivity index (χ1v) is 11.6. The van der Waals surface area contributed by atoms with Crippen molar-refractivity contribution in [3.05, 3.63) is 66.7 Å². The van der Waals surface area contributed by atoms with Crippen LogP contribution < -0.4 is 4.90 Å². The Kier molecular flexibility index (Phi) is 4.86. The van der Waals surface area contributed by atoms with Crippen LogP contribution in [0.2, 0.25) is 0 Å². The van der Waals surface area contributed by atoms with E-state index in [1.54, 1.807) is 17.1 Å². The molecule has 4 aromatic rings. The predicted molar refractivity (Wildman–Crippen MR) is 126 cm³/mol. The number of anilines is 1. The molecule has 2 aliphatic heterocycles. The average molecular weight is 442 g/mol. The highest BCUT2D eigenvalue weighted by atomic mass is 16.2. The lowest BCUT2D eigenvalue weighted by molar-refractivity contribution is -0.148. The van der Waals surface area contributed by atoms with Crippen molar-refractivity contribution in [1.82, 2.24) is 29.6 Å². The van der Waals surface area contributed by atoms with Gasteiger partial charge in [-0.2, -0.15) is 10.1 Å². The third-order valence-electron chi connectivity index (χ3n) is 7.23. The van der Waals surface area contributed by atoms with Gasteiger partial charge < -0.3 is 14.8 Å². The fraction of sp³-hybridized carbons (Fsp3) is 0.360. The molecule has 3 aromatic heterocycles. The number of rotatable bonds is 4. The molecule has 33 heavy (non-hydrogen) atoms. The zero-order valence-corrected chi connectivity index (χ0v) is 18.5. The van der Waals surface area contributed by atoms with Gasteiger partial charge in [-0.1, -0.05) is 18.2 Å². The first-order valence-electron chi connectivity index (χ1n) is 11.6. The van der Waals surface area contributed by atoms with Gasteiger partial charge >= 0.3 is 0 Å². The number of likely N-dealkylation sites (tertiary alicyclic amines) is 1. The molecule has 0 saturated carbocycles. The van der Waals surface area contributed by atoms with Crippen LogP contribution in [0.4, 0.5) is 5.95 Å². The van der Waals surface area contributed by atoms with E-state index in [0.717, 1.165) is 56.7 Å². The van der Waals surface area contributed by atoms with Crippen LogP contribution in [-0.2, 0) is 11.3 Å². The standard InChI is InChI=1S/C25H27N7O/c33-23-25(8-3-13-31(23)18-19-17-27-21-6-2-1-5-20(19)21)9-15-30(16-10-25)24-26-12-7-22(29-24)32-14-4-11-28-32/h1-2,4-7,11-12,14,17,27H,3,8-10,13,15-16,18H2. The van der Waals surface area contributed by atoms with E-state index >= 15 is 0 Å². The first-order chi connectivity index (χ1) is 16.2. The van der Waals surface area contributed by atoms with Gasteiger partial charge in [-0.15, -0.1) is 0 Å². The normalized spacial score (nSPS) is 18.4. The maximum Gasteiger partial charge on any atom is 0.229 e. The van der Waals surface area contributed by atoms with Crippen LogP contribution in [0.1, 0.15) is 31.2 Å². The van der Waals surface area contributed by atoms with Gasteiger partial charge in [-0.05, 0) is 43.4 Å². The smallest absolute Gasteiger partial charge is 0.229 e. The van der Waals surface area contributed by atoms with Crippen LogP contribution in [0.3, 0.4) is 0 Å². The second kappa shape index (κ2) is 8.03. The van der Waals surface area contributed by atoms with E-state index in [4.69, 9.17) is 4.98 Å². The Labute approximate surface area is 192 Å². The lowest BCUT2D eigenvalue weighted by atomic mass is 9.71. The number of amides is 1. The van der Waals surface area contributed by atoms with Crippen LogP contribution in [0.15, 0.2) is 61.2 Å². The number of hydrogen-bond donors (Lipinski definition) is 1. The highest BCUT2D eigenvalue weighted by Gasteiger charge is 2.46. The SMILES string of the molecule is O=C1N(Cc2c[nH]c3ccccc23)CCCC12CCN(c1nccc(-n3cccn3)n1)CC2. The van der Waals surface area contributed by atoms with E-state index in [1.165, 1.54) is 10.9 Å². The molecule has 1 N–H and O–H groups in total. The number of aromatic amines is 1. The largest absolute Gasteiger partial charge is 0.361 e. The molecular formula is C25H27N7O. The molecule has 6 rings (SSSR count). The Balaban J connectivity index is 1.17. The first kappa shape index (κ1) is 20.0. The van der Waals surface area contributed by atoms with Gasteiger partial charge in [0.2, 0.25) is 11.9 Å². The maximum absolute atomic E-state index is 13.7. The number of carbonyl (C=O) groups excluding carboxylic acids is 1. The van der Waals surface area contributed by atoms with Gasteiger partial charge in [-0.3, -0.25) is 4.79 Å². The molecule has 1 amide bonds. The molecule has 5 heterocycles. The van der Waals surface area contributed by atoms with E-state index in [1.807, 2.05) is 30.6 Å². The average Bonchev–Trinajstić information content (AvgIpc) is 3.54. The lowest BCUT2D eigenvalue weighted by Crippen LogP contribution is -2.53. The zero-order chi connectivity index (χ0) is 22.3. The number of hydrogen-bond acceptors (Lipinski definition) is 5. The summed E-state index contributed by atoms with van der Waals surface area (Å²) in [6.07, 6.45) is 11.1. The van der Waals surface area contributed by atoms with Gasteiger partial charge in [0.1, 0.15) is 0 Å². The van der Waals surface area contributed by atoms with Crippen LogP contribution in [0.25, 0.3) is 16.7 Å². The number of carbonyl (C=O) groups is 1. The fourth-order valence-corrected chi connectivity index (χ4v) is 5.39. The molecule has 168 valence electrons. The van der Waals surface area contributed by atoms with Crippen molar-refractivity contribution >= 4 is 22.8 Å². The molecule has 0 atom stereocenters. The number of para-hydroxylation sites is 1. The van der Waals surface area contributed by atoms with E-state index in [2.05, 4.69) is 43.1 Å². The summed E-state index contributed by atoms with van der Waals surface area (Å²) in [6.45, 7) is 3.08. The van der Waals surface area contributed by atoms with Crippen molar-refractivity contribution in [3.8, 4) is 5.82 Å². The monoisotopic (exact) mass is 441 g/mol. The van der Waals surface area contributed by atoms with Gasteiger partial charge in [0.15, 0.2) is 5.82 Å². The summed E-state index contributed by atoms with van der Waals surface area (Å²) in [7, 11) is 0. The third-order valence-corrected chi connectivity index (χ3v) is 7.23. The zero-order valence-electron chi connectivity index (χ0n) is 18.5. The fourth-order valence-electron chi connectivity index (χ4n) is 5.39. The Morgan fingerprint density at radius 2 is 1.88 bits per heavy atom. The van der Waals surface area contributed by atoms with E-state index < -0.39 is 0 Å². The van der Waals surface area contributed by atoms with Crippen LogP contribution in [0, 0.1) is 5.41 Å². The van der Waals surface area contributed by atoms with E-state index in [9.17, 15) is 4.79 Å². The Morgan fingerprint density at radius 1 is 1.00 bits per heavy atom. The number of H-pyrrole nitrogens is 1. The minimum Gasteiger partial charge on any atom is -0.361 e. The van der Waals surface area contributed by atoms with Gasteiger partial charge in [0.25, 0.3) is 0 Å². The van der Waals surface area contributed by atoms with Crippen molar-refractivity contribution in [2.24, 2.45) is 5.41 Å². The number of piperidine rings is 2. The van der Waals surface area contributed by atoms with Crippen LogP contribution >= 0.6 is 0 Å². The summed E-state index contributed by atoms with van der Waals surface area (Å²) >= 11 is 0. The minimum absolute atomic E-state index is 0.263. The van der Waals surface area contributed by atoms with Crippen molar-refractivity contribution in [1.29, 1.82) is 0 Å². The number of nitrogens with zero attached hydrogens (tertiary/aromatic N) is 6. The second-order valence-corrected chi connectivity index (χ2v) is 9.12. The Morgan fingerprint density at radius 3 is 2.73 bits per heavy atom. The molecule has 8 nitrogen and oxygen atoms in total. The molecular weight excluding hydrogens is 414 g/mol. The number of benzene rings is 1. The summed E-state index contributed by atoms with van der Waals surface area (Å²) in [6, 6.07) is 12.0. The summed E-state index contributed by atoms with van der Waals surface area (Å²) in [5.74, 6) is 1.77. The molecule has 2 aliphatic rings. The van der Waals surface area contributed by atoms with E-state index in [0.29, 0.717) is 18.4 Å². The molecule has 0 bridgehead atoms. The molecule has 2 saturated heterocycles. The number of aromatic nitrogens is 5. The predicted octanol–water partition coefficient (Wildman–Crippen LogP) is 3.55. The second-order valence-electron chi connectivity index (χ2n) is 9.12. The van der Waals surface area contributed by atoms with Crippen LogP contribution in [-0.4, -0.2) is 55.2 Å². The minimum atomic E-state index is -0.263. The quantitative estimate of drug-likeness (QED) is 0.524. The molecule has 8 heteroatoms. The molecule has 2 fully saturated rings. The van der Waals surface area contributed by atoms with Crippen molar-refractivity contribution in [2.45, 2.75) is 32.2 Å².